The van der Waals surface area contributed by atoms with Gasteiger partial charge in [0.15, 0.2) is 0 Å². The van der Waals surface area contributed by atoms with Crippen LogP contribution in [0.25, 0.3) is 11.3 Å². The second-order valence-corrected chi connectivity index (χ2v) is 8.68. The Morgan fingerprint density at radius 2 is 1.91 bits per heavy atom. The van der Waals surface area contributed by atoms with Crippen molar-refractivity contribution in [3.8, 4) is 17.0 Å². The molecule has 2 saturated heterocycles. The number of hydrogen-bond donors (Lipinski definition) is 2. The van der Waals surface area contributed by atoms with Crippen molar-refractivity contribution in [2.24, 2.45) is 5.73 Å². The van der Waals surface area contributed by atoms with Crippen molar-refractivity contribution >= 4 is 28.9 Å². The monoisotopic (exact) mass is 474 g/mol. The molecule has 2 fully saturated rings. The maximum atomic E-state index is 11.7. The maximum Gasteiger partial charge on any atom is 0.240 e. The van der Waals surface area contributed by atoms with E-state index >= 15 is 0 Å². The summed E-state index contributed by atoms with van der Waals surface area (Å²) in [5, 5.41) is 3.29. The Labute approximate surface area is 204 Å². The van der Waals surface area contributed by atoms with Gasteiger partial charge >= 0.3 is 0 Å². The summed E-state index contributed by atoms with van der Waals surface area (Å²) in [6, 6.07) is 15.7. The molecule has 0 aliphatic carbocycles. The van der Waals surface area contributed by atoms with Crippen LogP contribution in [0.1, 0.15) is 12.8 Å². The first-order chi connectivity index (χ1) is 17.1. The molecule has 1 atom stereocenters. The normalized spacial score (nSPS) is 17.9. The highest BCUT2D eigenvalue weighted by Gasteiger charge is 2.29. The van der Waals surface area contributed by atoms with E-state index in [1.165, 1.54) is 0 Å². The van der Waals surface area contributed by atoms with Crippen LogP contribution in [-0.2, 0) is 9.53 Å². The molecule has 1 amide bonds. The molecule has 0 radical (unpaired) electrons. The molecule has 3 aromatic rings. The van der Waals surface area contributed by atoms with Gasteiger partial charge in [0.2, 0.25) is 11.9 Å². The molecule has 2 aliphatic rings. The highest BCUT2D eigenvalue weighted by atomic mass is 16.5. The van der Waals surface area contributed by atoms with Crippen LogP contribution >= 0.6 is 0 Å². The van der Waals surface area contributed by atoms with Gasteiger partial charge in [0.1, 0.15) is 11.8 Å². The number of nitrogens with one attached hydrogen (secondary N) is 1. The van der Waals surface area contributed by atoms with Gasteiger partial charge in [-0.3, -0.25) is 4.79 Å². The molecule has 0 unspecified atom stereocenters. The van der Waals surface area contributed by atoms with Crippen LogP contribution in [0, 0.1) is 0 Å². The summed E-state index contributed by atoms with van der Waals surface area (Å²) in [4.78, 5) is 25.2. The first-order valence-electron chi connectivity index (χ1n) is 11.9. The molecule has 35 heavy (non-hydrogen) atoms. The SMILES string of the molecule is COc1cc(Nc2nccc(-c3ccc(N4CCC[C@@H]4C(N)=O)cc3)n2)ccc1N1CCOCC1. The van der Waals surface area contributed by atoms with Crippen molar-refractivity contribution in [3.63, 3.8) is 0 Å². The highest BCUT2D eigenvalue weighted by molar-refractivity contribution is 5.84. The smallest absolute Gasteiger partial charge is 0.240 e. The molecular formula is C26H30N6O3. The quantitative estimate of drug-likeness (QED) is 0.538. The molecule has 2 aromatic carbocycles. The minimum Gasteiger partial charge on any atom is -0.495 e. The standard InChI is InChI=1S/C26H30N6O3/c1-34-24-17-19(6-9-22(24)31-13-15-35-16-14-31)29-26-28-11-10-21(30-26)18-4-7-20(8-5-18)32-12-2-3-23(32)25(27)33/h4-11,17,23H,2-3,12-16H2,1H3,(H2,27,33)(H,28,29,30)/t23-/m1/s1. The fraction of sp³-hybridized carbons (Fsp3) is 0.346. The van der Waals surface area contributed by atoms with Crippen LogP contribution in [0.15, 0.2) is 54.7 Å². The lowest BCUT2D eigenvalue weighted by Gasteiger charge is -2.30. The minimum atomic E-state index is -0.271. The molecule has 5 rings (SSSR count). The number of anilines is 4. The van der Waals surface area contributed by atoms with Crippen molar-refractivity contribution < 1.29 is 14.3 Å². The number of hydrogen-bond acceptors (Lipinski definition) is 8. The zero-order chi connectivity index (χ0) is 24.2. The van der Waals surface area contributed by atoms with E-state index in [1.807, 2.05) is 48.5 Å². The average Bonchev–Trinajstić information content (AvgIpc) is 3.40. The van der Waals surface area contributed by atoms with Crippen molar-refractivity contribution in [3.05, 3.63) is 54.7 Å². The maximum absolute atomic E-state index is 11.7. The number of aromatic nitrogens is 2. The summed E-state index contributed by atoms with van der Waals surface area (Å²) in [5.74, 6) is 1.02. The second kappa shape index (κ2) is 10.2. The molecule has 0 bridgehead atoms. The number of methoxy groups -OCH3 is 1. The number of ether oxygens (including phenoxy) is 2. The third-order valence-corrected chi connectivity index (χ3v) is 6.52. The summed E-state index contributed by atoms with van der Waals surface area (Å²) in [7, 11) is 1.68. The van der Waals surface area contributed by atoms with Crippen LogP contribution in [-0.4, -0.2) is 61.9 Å². The Bertz CT molecular complexity index is 1180. The molecule has 182 valence electrons. The van der Waals surface area contributed by atoms with E-state index in [9.17, 15) is 4.79 Å². The Hall–Kier alpha value is -3.85. The van der Waals surface area contributed by atoms with E-state index in [-0.39, 0.29) is 11.9 Å². The lowest BCUT2D eigenvalue weighted by molar-refractivity contribution is -0.119. The van der Waals surface area contributed by atoms with E-state index in [4.69, 9.17) is 20.2 Å². The first kappa shape index (κ1) is 22.9. The third-order valence-electron chi connectivity index (χ3n) is 6.52. The molecular weight excluding hydrogens is 444 g/mol. The number of primary amides is 1. The van der Waals surface area contributed by atoms with E-state index in [2.05, 4.69) is 20.1 Å². The number of rotatable bonds is 7. The molecule has 9 nitrogen and oxygen atoms in total. The number of morpholine rings is 1. The lowest BCUT2D eigenvalue weighted by atomic mass is 10.1. The van der Waals surface area contributed by atoms with Gasteiger partial charge in [0.05, 0.1) is 31.7 Å². The van der Waals surface area contributed by atoms with Gasteiger partial charge in [-0.2, -0.15) is 0 Å². The Morgan fingerprint density at radius 1 is 1.11 bits per heavy atom. The largest absolute Gasteiger partial charge is 0.495 e. The summed E-state index contributed by atoms with van der Waals surface area (Å²) in [6.45, 7) is 3.95. The van der Waals surface area contributed by atoms with Gasteiger partial charge in [-0.1, -0.05) is 12.1 Å². The predicted molar refractivity (Wildman–Crippen MR) is 136 cm³/mol. The number of carbonyl (C=O) groups is 1. The molecule has 1 aromatic heterocycles. The average molecular weight is 475 g/mol. The summed E-state index contributed by atoms with van der Waals surface area (Å²) in [6.07, 6.45) is 3.51. The van der Waals surface area contributed by atoms with Gasteiger partial charge in [-0.05, 0) is 43.2 Å². The summed E-state index contributed by atoms with van der Waals surface area (Å²) in [5.41, 5.74) is 10.2. The van der Waals surface area contributed by atoms with Gasteiger partial charge in [0.25, 0.3) is 0 Å². The zero-order valence-corrected chi connectivity index (χ0v) is 19.8. The van der Waals surface area contributed by atoms with Gasteiger partial charge in [-0.15, -0.1) is 0 Å². The summed E-state index contributed by atoms with van der Waals surface area (Å²) < 4.78 is 11.1. The fourth-order valence-electron chi connectivity index (χ4n) is 4.72. The van der Waals surface area contributed by atoms with Crippen LogP contribution in [0.2, 0.25) is 0 Å². The van der Waals surface area contributed by atoms with Crippen molar-refractivity contribution in [1.82, 2.24) is 9.97 Å². The molecule has 0 saturated carbocycles. The van der Waals surface area contributed by atoms with Gasteiger partial charge in [-0.25, -0.2) is 9.97 Å². The van der Waals surface area contributed by atoms with E-state index in [0.29, 0.717) is 19.2 Å². The Balaban J connectivity index is 1.32. The van der Waals surface area contributed by atoms with Crippen LogP contribution < -0.4 is 25.6 Å². The fourth-order valence-corrected chi connectivity index (χ4v) is 4.72. The zero-order valence-electron chi connectivity index (χ0n) is 19.8. The topological polar surface area (TPSA) is 106 Å². The number of nitrogens with zero attached hydrogens (tertiary/aromatic N) is 4. The van der Waals surface area contributed by atoms with Crippen LogP contribution in [0.5, 0.6) is 5.75 Å². The number of carbonyl (C=O) groups excluding carboxylic acids is 1. The first-order valence-corrected chi connectivity index (χ1v) is 11.9. The number of amides is 1. The number of benzene rings is 2. The van der Waals surface area contributed by atoms with Crippen LogP contribution in [0.3, 0.4) is 0 Å². The molecule has 3 N–H and O–H groups in total. The Kier molecular flexibility index (Phi) is 6.67. The van der Waals surface area contributed by atoms with E-state index < -0.39 is 0 Å². The van der Waals surface area contributed by atoms with Crippen molar-refractivity contribution in [1.29, 1.82) is 0 Å². The van der Waals surface area contributed by atoms with Gasteiger partial charge in [0, 0.05) is 48.8 Å². The predicted octanol–water partition coefficient (Wildman–Crippen LogP) is 3.19. The molecule has 0 spiro atoms. The van der Waals surface area contributed by atoms with Crippen molar-refractivity contribution in [2.45, 2.75) is 18.9 Å². The Morgan fingerprint density at radius 3 is 2.66 bits per heavy atom. The van der Waals surface area contributed by atoms with Gasteiger partial charge < -0.3 is 30.3 Å². The molecule has 9 heteroatoms. The van der Waals surface area contributed by atoms with Crippen LogP contribution in [0.4, 0.5) is 23.0 Å². The number of nitrogens with two attached hydrogens (primary N) is 1. The van der Waals surface area contributed by atoms with Crippen molar-refractivity contribution in [2.75, 3.05) is 55.1 Å². The van der Waals surface area contributed by atoms with E-state index in [0.717, 1.165) is 66.5 Å². The minimum absolute atomic E-state index is 0.234. The lowest BCUT2D eigenvalue weighted by Crippen LogP contribution is -2.40. The third kappa shape index (κ3) is 5.00. The second-order valence-electron chi connectivity index (χ2n) is 8.68. The van der Waals surface area contributed by atoms with E-state index in [1.54, 1.807) is 13.3 Å². The highest BCUT2D eigenvalue weighted by Crippen LogP contribution is 2.33. The summed E-state index contributed by atoms with van der Waals surface area (Å²) >= 11 is 0. The molecule has 3 heterocycles. The molecule has 2 aliphatic heterocycles.